The van der Waals surface area contributed by atoms with Gasteiger partial charge in [0.05, 0.1) is 24.3 Å². The van der Waals surface area contributed by atoms with Gasteiger partial charge in [0.25, 0.3) is 5.91 Å². The van der Waals surface area contributed by atoms with Crippen LogP contribution in [0.3, 0.4) is 0 Å². The van der Waals surface area contributed by atoms with Crippen LogP contribution in [0.2, 0.25) is 5.02 Å². The third kappa shape index (κ3) is 5.49. The molecule has 0 atom stereocenters. The second kappa shape index (κ2) is 9.44. The van der Waals surface area contributed by atoms with Crippen molar-refractivity contribution in [1.82, 2.24) is 15.1 Å². The summed E-state index contributed by atoms with van der Waals surface area (Å²) in [4.78, 5) is 35.2. The standard InChI is InChI=1S/C22H22ClN5O3/c1-13-19(14(2)28(27-13)18-9-5-16(23)6-10-18)11-21(30)26-17-7-3-15(4-8-17)22(31)25-12-20(24)29/h3-10H,11-12H2,1-2H3,(H2,24,29)(H,25,31)(H,26,30). The number of hydrogen-bond acceptors (Lipinski definition) is 4. The number of halogens is 1. The lowest BCUT2D eigenvalue weighted by Gasteiger charge is -2.08. The van der Waals surface area contributed by atoms with E-state index in [1.54, 1.807) is 41.1 Å². The van der Waals surface area contributed by atoms with Gasteiger partial charge in [-0.1, -0.05) is 11.6 Å². The van der Waals surface area contributed by atoms with Crippen LogP contribution in [-0.4, -0.2) is 34.0 Å². The molecule has 0 spiro atoms. The van der Waals surface area contributed by atoms with Gasteiger partial charge in [-0.15, -0.1) is 0 Å². The molecule has 3 rings (SSSR count). The second-order valence-corrected chi connectivity index (χ2v) is 7.43. The van der Waals surface area contributed by atoms with Gasteiger partial charge in [-0.25, -0.2) is 4.68 Å². The molecule has 1 heterocycles. The molecular formula is C22H22ClN5O3. The smallest absolute Gasteiger partial charge is 0.251 e. The van der Waals surface area contributed by atoms with Crippen LogP contribution in [0.4, 0.5) is 5.69 Å². The fourth-order valence-electron chi connectivity index (χ4n) is 3.10. The van der Waals surface area contributed by atoms with Crippen LogP contribution >= 0.6 is 11.6 Å². The molecule has 3 amide bonds. The van der Waals surface area contributed by atoms with Crippen molar-refractivity contribution in [2.45, 2.75) is 20.3 Å². The lowest BCUT2D eigenvalue weighted by molar-refractivity contribution is -0.117. The number of carbonyl (C=O) groups excluding carboxylic acids is 3. The molecule has 0 radical (unpaired) electrons. The first-order chi connectivity index (χ1) is 14.7. The average Bonchev–Trinajstić information content (AvgIpc) is 3.01. The molecule has 4 N–H and O–H groups in total. The summed E-state index contributed by atoms with van der Waals surface area (Å²) in [6.07, 6.45) is 0.159. The van der Waals surface area contributed by atoms with Crippen molar-refractivity contribution in [3.63, 3.8) is 0 Å². The number of carbonyl (C=O) groups is 3. The molecule has 8 nitrogen and oxygen atoms in total. The van der Waals surface area contributed by atoms with Gasteiger partial charge >= 0.3 is 0 Å². The molecule has 9 heteroatoms. The lowest BCUT2D eigenvalue weighted by Crippen LogP contribution is -2.33. The largest absolute Gasteiger partial charge is 0.368 e. The van der Waals surface area contributed by atoms with Crippen LogP contribution in [-0.2, 0) is 16.0 Å². The Morgan fingerprint density at radius 3 is 2.29 bits per heavy atom. The van der Waals surface area contributed by atoms with Gasteiger partial charge in [0, 0.05) is 27.5 Å². The predicted molar refractivity (Wildman–Crippen MR) is 118 cm³/mol. The monoisotopic (exact) mass is 439 g/mol. The minimum absolute atomic E-state index is 0.159. The van der Waals surface area contributed by atoms with E-state index in [1.807, 2.05) is 26.0 Å². The fraction of sp³-hybridized carbons (Fsp3) is 0.182. The van der Waals surface area contributed by atoms with Gasteiger partial charge in [0.15, 0.2) is 0 Å². The number of nitrogens with zero attached hydrogens (tertiary/aromatic N) is 2. The minimum atomic E-state index is -0.623. The van der Waals surface area contributed by atoms with Crippen molar-refractivity contribution in [3.05, 3.63) is 76.1 Å². The molecular weight excluding hydrogens is 418 g/mol. The van der Waals surface area contributed by atoms with Crippen molar-refractivity contribution < 1.29 is 14.4 Å². The van der Waals surface area contributed by atoms with Crippen LogP contribution < -0.4 is 16.4 Å². The highest BCUT2D eigenvalue weighted by Crippen LogP contribution is 2.20. The maximum Gasteiger partial charge on any atom is 0.251 e. The molecule has 2 aromatic carbocycles. The minimum Gasteiger partial charge on any atom is -0.368 e. The highest BCUT2D eigenvalue weighted by Gasteiger charge is 2.16. The number of rotatable bonds is 7. The number of anilines is 1. The van der Waals surface area contributed by atoms with Gasteiger partial charge in [0.2, 0.25) is 11.8 Å². The number of nitrogens with two attached hydrogens (primary N) is 1. The van der Waals surface area contributed by atoms with E-state index in [1.165, 1.54) is 0 Å². The van der Waals surface area contributed by atoms with E-state index in [0.717, 1.165) is 22.6 Å². The summed E-state index contributed by atoms with van der Waals surface area (Å²) < 4.78 is 1.79. The Morgan fingerprint density at radius 2 is 1.68 bits per heavy atom. The van der Waals surface area contributed by atoms with Crippen molar-refractivity contribution in [3.8, 4) is 5.69 Å². The molecule has 3 aromatic rings. The third-order valence-corrected chi connectivity index (χ3v) is 4.96. The van der Waals surface area contributed by atoms with Gasteiger partial charge < -0.3 is 16.4 Å². The third-order valence-electron chi connectivity index (χ3n) is 4.70. The van der Waals surface area contributed by atoms with Crippen molar-refractivity contribution >= 4 is 35.0 Å². The molecule has 0 saturated heterocycles. The Bertz CT molecular complexity index is 1120. The number of nitrogens with one attached hydrogen (secondary N) is 2. The molecule has 31 heavy (non-hydrogen) atoms. The summed E-state index contributed by atoms with van der Waals surface area (Å²) in [6, 6.07) is 13.7. The van der Waals surface area contributed by atoms with Gasteiger partial charge in [0.1, 0.15) is 0 Å². The van der Waals surface area contributed by atoms with E-state index < -0.39 is 11.8 Å². The Labute approximate surface area is 184 Å². The van der Waals surface area contributed by atoms with Crippen molar-refractivity contribution in [2.75, 3.05) is 11.9 Å². The summed E-state index contributed by atoms with van der Waals surface area (Å²) in [6.45, 7) is 3.54. The average molecular weight is 440 g/mol. The zero-order valence-electron chi connectivity index (χ0n) is 17.1. The second-order valence-electron chi connectivity index (χ2n) is 6.99. The van der Waals surface area contributed by atoms with E-state index in [2.05, 4.69) is 15.7 Å². The Hall–Kier alpha value is -3.65. The molecule has 0 bridgehead atoms. The maximum absolute atomic E-state index is 12.6. The predicted octanol–water partition coefficient (Wildman–Crippen LogP) is 2.54. The van der Waals surface area contributed by atoms with E-state index in [4.69, 9.17) is 17.3 Å². The van der Waals surface area contributed by atoms with E-state index >= 15 is 0 Å². The summed E-state index contributed by atoms with van der Waals surface area (Å²) in [5.74, 6) is -1.24. The normalized spacial score (nSPS) is 10.5. The number of aryl methyl sites for hydroxylation is 1. The van der Waals surface area contributed by atoms with Gasteiger partial charge in [-0.2, -0.15) is 5.10 Å². The van der Waals surface area contributed by atoms with E-state index in [-0.39, 0.29) is 18.9 Å². The number of amides is 3. The topological polar surface area (TPSA) is 119 Å². The highest BCUT2D eigenvalue weighted by molar-refractivity contribution is 6.30. The van der Waals surface area contributed by atoms with E-state index in [9.17, 15) is 14.4 Å². The van der Waals surface area contributed by atoms with Crippen molar-refractivity contribution in [1.29, 1.82) is 0 Å². The number of benzene rings is 2. The van der Waals surface area contributed by atoms with Crippen LogP contribution in [0.15, 0.2) is 48.5 Å². The first kappa shape index (κ1) is 22.0. The lowest BCUT2D eigenvalue weighted by atomic mass is 10.1. The quantitative estimate of drug-likeness (QED) is 0.524. The zero-order valence-corrected chi connectivity index (χ0v) is 17.9. The molecule has 1 aromatic heterocycles. The first-order valence-electron chi connectivity index (χ1n) is 9.52. The van der Waals surface area contributed by atoms with Crippen molar-refractivity contribution in [2.24, 2.45) is 5.73 Å². The molecule has 0 unspecified atom stereocenters. The molecule has 0 aliphatic rings. The summed E-state index contributed by atoms with van der Waals surface area (Å²) >= 11 is 5.95. The Balaban J connectivity index is 1.66. The summed E-state index contributed by atoms with van der Waals surface area (Å²) in [7, 11) is 0. The van der Waals surface area contributed by atoms with Crippen LogP contribution in [0.1, 0.15) is 27.3 Å². The van der Waals surface area contributed by atoms with Gasteiger partial charge in [-0.3, -0.25) is 14.4 Å². The number of aromatic nitrogens is 2. The molecule has 0 aliphatic carbocycles. The molecule has 0 fully saturated rings. The fourth-order valence-corrected chi connectivity index (χ4v) is 3.23. The summed E-state index contributed by atoms with van der Waals surface area (Å²) in [5.41, 5.74) is 9.26. The number of hydrogen-bond donors (Lipinski definition) is 3. The molecule has 160 valence electrons. The summed E-state index contributed by atoms with van der Waals surface area (Å²) in [5, 5.41) is 10.4. The maximum atomic E-state index is 12.6. The molecule has 0 saturated carbocycles. The van der Waals surface area contributed by atoms with Gasteiger partial charge in [-0.05, 0) is 62.4 Å². The zero-order chi connectivity index (χ0) is 22.5. The molecule has 0 aliphatic heterocycles. The van der Waals surface area contributed by atoms with Crippen LogP contribution in [0.25, 0.3) is 5.69 Å². The highest BCUT2D eigenvalue weighted by atomic mass is 35.5. The Morgan fingerprint density at radius 1 is 1.03 bits per heavy atom. The first-order valence-corrected chi connectivity index (χ1v) is 9.90. The van der Waals surface area contributed by atoms with E-state index in [0.29, 0.717) is 16.3 Å². The SMILES string of the molecule is Cc1nn(-c2ccc(Cl)cc2)c(C)c1CC(=O)Nc1ccc(C(=O)NCC(N)=O)cc1. The van der Waals surface area contributed by atoms with Crippen LogP contribution in [0, 0.1) is 13.8 Å². The number of primary amides is 1. The Kier molecular flexibility index (Phi) is 6.71. The van der Waals surface area contributed by atoms with Crippen LogP contribution in [0.5, 0.6) is 0 Å².